The van der Waals surface area contributed by atoms with Crippen molar-refractivity contribution in [1.29, 1.82) is 0 Å². The first-order valence-corrected chi connectivity index (χ1v) is 5.54. The Morgan fingerprint density at radius 3 is 2.17 bits per heavy atom. The van der Waals surface area contributed by atoms with Crippen molar-refractivity contribution in [1.82, 2.24) is 4.98 Å². The Balaban J connectivity index is -0.000000314. The molecule has 3 N–H and O–H groups in total. The van der Waals surface area contributed by atoms with E-state index in [4.69, 9.17) is 5.73 Å². The molecule has 0 amide bonds. The number of aromatic nitrogens is 1. The van der Waals surface area contributed by atoms with E-state index in [0.717, 1.165) is 5.39 Å². The summed E-state index contributed by atoms with van der Waals surface area (Å²) in [4.78, 5) is 23.2. The van der Waals surface area contributed by atoms with Gasteiger partial charge in [0.05, 0.1) is 5.52 Å². The molecule has 0 radical (unpaired) electrons. The Hall–Kier alpha value is -1.70. The molecule has 0 aliphatic rings. The number of nitrogens with zero attached hydrogens (tertiary/aromatic N) is 1. The second-order valence-electron chi connectivity index (χ2n) is 3.78. The summed E-state index contributed by atoms with van der Waals surface area (Å²) in [5.41, 5.74) is 7.03. The predicted molar refractivity (Wildman–Crippen MR) is 68.2 cm³/mol. The summed E-state index contributed by atoms with van der Waals surface area (Å²) < 4.78 is 0. The van der Waals surface area contributed by atoms with Gasteiger partial charge in [0.1, 0.15) is 0 Å². The third-order valence-corrected chi connectivity index (χ3v) is 2.25. The predicted octanol–water partition coefficient (Wildman–Crippen LogP) is -2.34. The number of carbonyl (C=O) groups excluding carboxylic acids is 2. The standard InChI is InChI=1S/C9H7NO.C4H6NO4.H2O.O.U/c11-8-5-1-3-7-4-2-6-10-9(7)8;5-2(4(8)9)1-3(6)7;;;/h1-6,11H;2,5H,1H2,(H,6,7)(H,8,9);1H2;;/q;-1;;-2;/p-3. The Morgan fingerprint density at radius 1 is 1.17 bits per heavy atom. The Labute approximate surface area is 155 Å². The van der Waals surface area contributed by atoms with Gasteiger partial charge in [0.2, 0.25) is 0 Å². The number of carboxylic acids is 2. The van der Waals surface area contributed by atoms with Crippen molar-refractivity contribution in [2.75, 3.05) is 0 Å². The fourth-order valence-corrected chi connectivity index (χ4v) is 1.33. The van der Waals surface area contributed by atoms with E-state index in [1.165, 1.54) is 6.07 Å². The van der Waals surface area contributed by atoms with Gasteiger partial charge in [-0.3, -0.25) is 4.98 Å². The molecular formula is C13H12N2O7U-6. The minimum atomic E-state index is -1.71. The number of carbonyl (C=O) groups is 2. The van der Waals surface area contributed by atoms with E-state index in [9.17, 15) is 24.9 Å². The van der Waals surface area contributed by atoms with Crippen LogP contribution in [-0.4, -0.2) is 28.4 Å². The molecule has 10 heteroatoms. The average Bonchev–Trinajstić information content (AvgIpc) is 2.39. The molecule has 0 aliphatic carbocycles. The molecule has 1 aromatic carbocycles. The molecule has 1 atom stereocenters. The summed E-state index contributed by atoms with van der Waals surface area (Å²) in [6.45, 7) is 0. The summed E-state index contributed by atoms with van der Waals surface area (Å²) in [6.07, 6.45) is 0.812. The number of nitrogens with one attached hydrogen (secondary N) is 1. The molecule has 1 aromatic heterocycles. The zero-order valence-corrected chi connectivity index (χ0v) is 15.8. The zero-order chi connectivity index (χ0) is 15.1. The maximum absolute atomic E-state index is 11.1. The van der Waals surface area contributed by atoms with Gasteiger partial charge >= 0.3 is 0 Å². The Bertz CT molecular complexity index is 619. The van der Waals surface area contributed by atoms with E-state index in [1.54, 1.807) is 12.3 Å². The number of aliphatic carboxylic acids is 2. The quantitative estimate of drug-likeness (QED) is 0.413. The van der Waals surface area contributed by atoms with Crippen LogP contribution in [0.3, 0.4) is 0 Å². The third kappa shape index (κ3) is 9.12. The van der Waals surface area contributed by atoms with Crippen LogP contribution in [0.25, 0.3) is 16.6 Å². The molecule has 2 rings (SSSR count). The fourth-order valence-electron chi connectivity index (χ4n) is 1.33. The fraction of sp³-hybridized carbons (Fsp3) is 0.154. The van der Waals surface area contributed by atoms with Crippen molar-refractivity contribution in [3.63, 3.8) is 0 Å². The summed E-state index contributed by atoms with van der Waals surface area (Å²) in [6, 6.07) is 7.13. The first-order chi connectivity index (χ1) is 9.41. The molecule has 0 saturated heterocycles. The number of benzene rings is 1. The summed E-state index contributed by atoms with van der Waals surface area (Å²) in [5.74, 6) is -3.26. The van der Waals surface area contributed by atoms with E-state index in [-0.39, 0.29) is 47.8 Å². The van der Waals surface area contributed by atoms with Gasteiger partial charge in [0.25, 0.3) is 0 Å². The normalized spacial score (nSPS) is 9.78. The van der Waals surface area contributed by atoms with Gasteiger partial charge in [-0.1, -0.05) is 36.1 Å². The number of hydrogen-bond acceptors (Lipinski definition) is 6. The van der Waals surface area contributed by atoms with Crippen LogP contribution < -0.4 is 15.3 Å². The molecule has 1 unspecified atom stereocenters. The topological polar surface area (TPSA) is 200 Å². The largest absolute Gasteiger partial charge is 2.00 e. The molecule has 23 heavy (non-hydrogen) atoms. The minimum Gasteiger partial charge on any atom is -2.00 e. The van der Waals surface area contributed by atoms with Gasteiger partial charge in [-0.05, 0) is 17.9 Å². The van der Waals surface area contributed by atoms with Crippen LogP contribution in [0.1, 0.15) is 6.42 Å². The first kappa shape index (κ1) is 26.2. The number of pyridine rings is 1. The second kappa shape index (κ2) is 12.8. The third-order valence-electron chi connectivity index (χ3n) is 2.25. The second-order valence-corrected chi connectivity index (χ2v) is 3.78. The summed E-state index contributed by atoms with van der Waals surface area (Å²) in [5, 5.41) is 31.3. The van der Waals surface area contributed by atoms with Crippen LogP contribution >= 0.6 is 0 Å². The molecule has 0 fully saturated rings. The van der Waals surface area contributed by atoms with Crippen LogP contribution in [0.2, 0.25) is 0 Å². The monoisotopic (exact) mass is 546 g/mol. The van der Waals surface area contributed by atoms with Crippen molar-refractivity contribution in [2.24, 2.45) is 0 Å². The molecular weight excluding hydrogens is 534 g/mol. The summed E-state index contributed by atoms with van der Waals surface area (Å²) >= 11 is 0. The van der Waals surface area contributed by atoms with Gasteiger partial charge in [-0.25, -0.2) is 0 Å². The number of para-hydroxylation sites is 1. The smallest absolute Gasteiger partial charge is 0.0623 e. The first-order valence-electron chi connectivity index (χ1n) is 5.54. The number of carboxylic acid groups (broad SMARTS) is 2. The molecule has 1 heterocycles. The molecule has 9 nitrogen and oxygen atoms in total. The number of fused-ring (bicyclic) bond motifs is 1. The molecule has 0 aliphatic heterocycles. The Kier molecular flexibility index (Phi) is 14.6. The van der Waals surface area contributed by atoms with E-state index in [2.05, 4.69) is 4.98 Å². The van der Waals surface area contributed by atoms with E-state index in [1.807, 2.05) is 18.2 Å². The SMILES string of the molecule is O.[NH-]C(CC(=O)[O-])C(=O)[O-].[O-2].[O-]c1cccc2cccnc12.[U]. The van der Waals surface area contributed by atoms with E-state index >= 15 is 0 Å². The van der Waals surface area contributed by atoms with E-state index < -0.39 is 24.4 Å². The minimum absolute atomic E-state index is 0. The van der Waals surface area contributed by atoms with Gasteiger partial charge in [0, 0.05) is 49.2 Å². The van der Waals surface area contributed by atoms with Crippen LogP contribution in [0.5, 0.6) is 5.75 Å². The average molecular weight is 546 g/mol. The van der Waals surface area contributed by atoms with Crippen LogP contribution in [0, 0.1) is 31.1 Å². The molecule has 0 saturated carbocycles. The van der Waals surface area contributed by atoms with Crippen LogP contribution in [0.4, 0.5) is 0 Å². The van der Waals surface area contributed by atoms with Crippen molar-refractivity contribution >= 4 is 22.8 Å². The Morgan fingerprint density at radius 2 is 1.74 bits per heavy atom. The van der Waals surface area contributed by atoms with Crippen molar-refractivity contribution in [3.05, 3.63) is 42.3 Å². The van der Waals surface area contributed by atoms with E-state index in [0.29, 0.717) is 5.52 Å². The maximum Gasteiger partial charge on any atom is 0.0623 e. The van der Waals surface area contributed by atoms with Crippen LogP contribution in [0.15, 0.2) is 36.5 Å². The van der Waals surface area contributed by atoms with Gasteiger partial charge in [0.15, 0.2) is 0 Å². The van der Waals surface area contributed by atoms with Crippen molar-refractivity contribution in [2.45, 2.75) is 12.5 Å². The van der Waals surface area contributed by atoms with Gasteiger partial charge in [-0.15, -0.1) is 0 Å². The zero-order valence-electron chi connectivity index (χ0n) is 11.6. The van der Waals surface area contributed by atoms with Crippen molar-refractivity contribution in [3.8, 4) is 5.75 Å². The van der Waals surface area contributed by atoms with Crippen molar-refractivity contribution < 1.29 is 67.0 Å². The van der Waals surface area contributed by atoms with Gasteiger partial charge < -0.3 is 41.6 Å². The van der Waals surface area contributed by atoms with Gasteiger partial charge in [-0.2, -0.15) is 0 Å². The number of rotatable bonds is 3. The molecule has 126 valence electrons. The van der Waals surface area contributed by atoms with Crippen LogP contribution in [-0.2, 0) is 15.1 Å². The molecule has 2 aromatic rings. The molecule has 0 spiro atoms. The molecule has 0 bridgehead atoms. The maximum atomic E-state index is 11.1. The number of hydrogen-bond donors (Lipinski definition) is 0. The summed E-state index contributed by atoms with van der Waals surface area (Å²) in [7, 11) is 0.